The molecule has 1 amide bonds. The number of carbonyl (C=O) groups is 1. The molecule has 0 saturated carbocycles. The summed E-state index contributed by atoms with van der Waals surface area (Å²) in [4.78, 5) is 31.8. The highest BCUT2D eigenvalue weighted by Gasteiger charge is 2.43. The number of piperidine rings is 2. The molecule has 2 atom stereocenters. The Morgan fingerprint density at radius 1 is 0.897 bits per heavy atom. The van der Waals surface area contributed by atoms with Gasteiger partial charge in [0.25, 0.3) is 0 Å². The van der Waals surface area contributed by atoms with E-state index in [0.717, 1.165) is 87.2 Å². The number of nitriles is 1. The Bertz CT molecular complexity index is 1900. The fraction of sp³-hybridized carbons (Fsp3) is 0.600. The highest BCUT2D eigenvalue weighted by molar-refractivity contribution is 6.32. The van der Waals surface area contributed by atoms with Crippen molar-refractivity contribution in [2.45, 2.75) is 84.0 Å². The first kappa shape index (κ1) is 42.3. The van der Waals surface area contributed by atoms with Gasteiger partial charge in [0.15, 0.2) is 5.75 Å². The SMILES string of the molecule is CC(C)(C)OC(=O)N1CCC(CN2CCC(N3C[C@H]4CN(c5nccc(COc6ccc(C(C)(C)c7cc(Cl)c(OCCCl)c(C#N)c7)cc6)n5)C[C@H]4C3)CC2)CC1. The fourth-order valence-corrected chi connectivity index (χ4v) is 9.53. The first-order valence-corrected chi connectivity index (χ1v) is 21.9. The number of hydrogen-bond donors (Lipinski definition) is 0. The number of likely N-dealkylation sites (tertiary alicyclic amines) is 3. The normalized spacial score (nSPS) is 21.2. The molecule has 4 aliphatic rings. The lowest BCUT2D eigenvalue weighted by Crippen LogP contribution is -2.47. The summed E-state index contributed by atoms with van der Waals surface area (Å²) in [6, 6.07) is 16.6. The van der Waals surface area contributed by atoms with Gasteiger partial charge in [0, 0.05) is 63.5 Å². The minimum absolute atomic E-state index is 0.171. The van der Waals surface area contributed by atoms with E-state index in [1.807, 2.05) is 62.2 Å². The second-order valence-electron chi connectivity index (χ2n) is 18.1. The van der Waals surface area contributed by atoms with Crippen LogP contribution in [0.25, 0.3) is 0 Å². The Morgan fingerprint density at radius 2 is 1.59 bits per heavy atom. The molecule has 11 nitrogen and oxygen atoms in total. The highest BCUT2D eigenvalue weighted by atomic mass is 35.5. The van der Waals surface area contributed by atoms with Crippen LogP contribution in [0.4, 0.5) is 10.7 Å². The summed E-state index contributed by atoms with van der Waals surface area (Å²) in [5.74, 6) is 4.16. The number of benzene rings is 2. The van der Waals surface area contributed by atoms with Crippen molar-refractivity contribution in [3.05, 3.63) is 76.1 Å². The third-order valence-electron chi connectivity index (χ3n) is 12.5. The van der Waals surface area contributed by atoms with E-state index in [0.29, 0.717) is 52.6 Å². The summed E-state index contributed by atoms with van der Waals surface area (Å²) in [7, 11) is 0. The predicted octanol–water partition coefficient (Wildman–Crippen LogP) is 8.00. The molecule has 4 aliphatic heterocycles. The van der Waals surface area contributed by atoms with Crippen molar-refractivity contribution in [3.8, 4) is 17.6 Å². The van der Waals surface area contributed by atoms with Gasteiger partial charge in [0.2, 0.25) is 5.95 Å². The molecule has 312 valence electrons. The molecule has 4 fully saturated rings. The van der Waals surface area contributed by atoms with Crippen LogP contribution in [0.2, 0.25) is 5.02 Å². The van der Waals surface area contributed by atoms with Crippen molar-refractivity contribution in [3.63, 3.8) is 0 Å². The van der Waals surface area contributed by atoms with Crippen LogP contribution in [0.3, 0.4) is 0 Å². The van der Waals surface area contributed by atoms with Gasteiger partial charge in [-0.25, -0.2) is 14.8 Å². The van der Waals surface area contributed by atoms with E-state index in [4.69, 9.17) is 42.4 Å². The highest BCUT2D eigenvalue weighted by Crippen LogP contribution is 2.39. The largest absolute Gasteiger partial charge is 0.489 e. The van der Waals surface area contributed by atoms with Gasteiger partial charge in [-0.05, 0) is 119 Å². The number of carbonyl (C=O) groups excluding carboxylic acids is 1. The van der Waals surface area contributed by atoms with Crippen LogP contribution >= 0.6 is 23.2 Å². The molecular weight excluding hydrogens is 773 g/mol. The van der Waals surface area contributed by atoms with Gasteiger partial charge in [0.05, 0.1) is 22.2 Å². The summed E-state index contributed by atoms with van der Waals surface area (Å²) >= 11 is 12.3. The zero-order valence-electron chi connectivity index (χ0n) is 34.8. The third kappa shape index (κ3) is 10.1. The maximum Gasteiger partial charge on any atom is 0.410 e. The summed E-state index contributed by atoms with van der Waals surface area (Å²) in [6.07, 6.45) is 6.27. The Labute approximate surface area is 354 Å². The number of nitrogens with zero attached hydrogens (tertiary/aromatic N) is 7. The van der Waals surface area contributed by atoms with Gasteiger partial charge in [0.1, 0.15) is 30.6 Å². The molecule has 13 heteroatoms. The number of rotatable bonds is 12. The monoisotopic (exact) mass is 831 g/mol. The number of hydrogen-bond acceptors (Lipinski definition) is 10. The first-order valence-electron chi connectivity index (χ1n) is 21.0. The van der Waals surface area contributed by atoms with Gasteiger partial charge >= 0.3 is 6.09 Å². The molecule has 0 aliphatic carbocycles. The van der Waals surface area contributed by atoms with Crippen LogP contribution in [0.5, 0.6) is 11.5 Å². The Balaban J connectivity index is 0.847. The molecular formula is C45H59Cl2N7O4. The van der Waals surface area contributed by atoms with Gasteiger partial charge in [-0.15, -0.1) is 11.6 Å². The smallest absolute Gasteiger partial charge is 0.410 e. The summed E-state index contributed by atoms with van der Waals surface area (Å²) in [5, 5.41) is 10.2. The van der Waals surface area contributed by atoms with E-state index < -0.39 is 11.0 Å². The van der Waals surface area contributed by atoms with Crippen LogP contribution in [0.15, 0.2) is 48.7 Å². The molecule has 0 N–H and O–H groups in total. The third-order valence-corrected chi connectivity index (χ3v) is 13.0. The zero-order chi connectivity index (χ0) is 41.0. The molecule has 0 bridgehead atoms. The van der Waals surface area contributed by atoms with Gasteiger partial charge in [-0.1, -0.05) is 37.6 Å². The molecule has 0 spiro atoms. The molecule has 1 aromatic heterocycles. The van der Waals surface area contributed by atoms with E-state index in [9.17, 15) is 10.1 Å². The number of alkyl halides is 1. The van der Waals surface area contributed by atoms with E-state index in [2.05, 4.69) is 51.7 Å². The van der Waals surface area contributed by atoms with E-state index in [1.165, 1.54) is 25.9 Å². The molecule has 3 aromatic rings. The lowest BCUT2D eigenvalue weighted by Gasteiger charge is -2.40. The second-order valence-corrected chi connectivity index (χ2v) is 18.9. The van der Waals surface area contributed by atoms with Crippen LogP contribution in [-0.2, 0) is 16.8 Å². The molecule has 2 aromatic carbocycles. The number of amides is 1. The van der Waals surface area contributed by atoms with E-state index in [1.54, 1.807) is 0 Å². The van der Waals surface area contributed by atoms with Crippen LogP contribution in [0, 0.1) is 29.1 Å². The van der Waals surface area contributed by atoms with Crippen LogP contribution < -0.4 is 14.4 Å². The van der Waals surface area contributed by atoms with Crippen molar-refractivity contribution in [1.82, 2.24) is 24.7 Å². The summed E-state index contributed by atoms with van der Waals surface area (Å²) in [6.45, 7) is 20.0. The molecule has 7 rings (SSSR count). The minimum atomic E-state index is -0.445. The molecule has 58 heavy (non-hydrogen) atoms. The van der Waals surface area contributed by atoms with Gasteiger partial charge < -0.3 is 28.9 Å². The topological polar surface area (TPSA) is 107 Å². The number of aromatic nitrogens is 2. The summed E-state index contributed by atoms with van der Waals surface area (Å²) in [5.41, 5.74) is 2.35. The second kappa shape index (κ2) is 18.2. The number of fused-ring (bicyclic) bond motifs is 1. The Hall–Kier alpha value is -3.82. The minimum Gasteiger partial charge on any atom is -0.489 e. The van der Waals surface area contributed by atoms with Crippen LogP contribution in [0.1, 0.15) is 82.7 Å². The zero-order valence-corrected chi connectivity index (χ0v) is 36.3. The molecule has 4 saturated heterocycles. The van der Waals surface area contributed by atoms with Crippen molar-refractivity contribution >= 4 is 35.2 Å². The molecule has 0 unspecified atom stereocenters. The van der Waals surface area contributed by atoms with Crippen LogP contribution in [-0.4, -0.2) is 114 Å². The maximum absolute atomic E-state index is 12.5. The van der Waals surface area contributed by atoms with Crippen molar-refractivity contribution in [2.24, 2.45) is 17.8 Å². The Morgan fingerprint density at radius 3 is 2.22 bits per heavy atom. The lowest BCUT2D eigenvalue weighted by molar-refractivity contribution is 0.0160. The quantitative estimate of drug-likeness (QED) is 0.167. The van der Waals surface area contributed by atoms with Crippen molar-refractivity contribution < 1.29 is 19.0 Å². The standard InChI is InChI=1S/C45H59Cl2N7O4/c1-44(2,3)58-43(55)52-19-11-31(12-20-52)25-51-17-13-38(14-18-51)53-26-33-28-54(29-34(33)27-53)42-49-16-10-37(50-42)30-57-39-8-6-35(7-9-39)45(4,5)36-22-32(24-48)41(40(47)23-36)56-21-15-46/h6-10,16,22-23,31,33-34,38H,11-15,17-21,25-30H2,1-5H3/t33-,34+. The molecule has 5 heterocycles. The number of anilines is 1. The number of ether oxygens (including phenoxy) is 3. The van der Waals surface area contributed by atoms with E-state index in [-0.39, 0.29) is 12.7 Å². The first-order chi connectivity index (χ1) is 27.8. The van der Waals surface area contributed by atoms with Gasteiger partial charge in [-0.3, -0.25) is 4.90 Å². The average Bonchev–Trinajstić information content (AvgIpc) is 3.80. The van der Waals surface area contributed by atoms with Crippen molar-refractivity contribution in [2.75, 3.05) is 76.3 Å². The maximum atomic E-state index is 12.5. The van der Waals surface area contributed by atoms with Gasteiger partial charge in [-0.2, -0.15) is 5.26 Å². The summed E-state index contributed by atoms with van der Waals surface area (Å²) < 4.78 is 17.4. The van der Waals surface area contributed by atoms with E-state index >= 15 is 0 Å². The lowest BCUT2D eigenvalue weighted by atomic mass is 9.77. The predicted molar refractivity (Wildman–Crippen MR) is 228 cm³/mol. The average molecular weight is 833 g/mol. The fourth-order valence-electron chi connectivity index (χ4n) is 9.18. The number of halogens is 2. The van der Waals surface area contributed by atoms with Crippen molar-refractivity contribution in [1.29, 1.82) is 5.26 Å². The Kier molecular flexibility index (Phi) is 13.3. The molecule has 0 radical (unpaired) electrons.